The minimum atomic E-state index is -4.53. The Morgan fingerprint density at radius 3 is 1.68 bits per heavy atom. The van der Waals surface area contributed by atoms with E-state index in [0.29, 0.717) is 6.07 Å². The van der Waals surface area contributed by atoms with E-state index >= 15 is 0 Å². The summed E-state index contributed by atoms with van der Waals surface area (Å²) in [6.07, 6.45) is -9.02. The van der Waals surface area contributed by atoms with Crippen LogP contribution in [-0.4, -0.2) is 27.5 Å². The summed E-state index contributed by atoms with van der Waals surface area (Å²) in [6.45, 7) is 0. The molecule has 14 heteroatoms. The molecule has 4 N–H and O–H groups in total. The van der Waals surface area contributed by atoms with E-state index in [0.717, 1.165) is 6.07 Å². The van der Waals surface area contributed by atoms with Gasteiger partial charge in [-0.2, -0.15) is 26.3 Å². The van der Waals surface area contributed by atoms with E-state index in [-0.39, 0.29) is 21.9 Å². The van der Waals surface area contributed by atoms with E-state index in [4.69, 9.17) is 11.5 Å². The fraction of sp³-hybridized carbons (Fsp3) is 0.273. The van der Waals surface area contributed by atoms with E-state index in [9.17, 15) is 26.3 Å². The van der Waals surface area contributed by atoms with Crippen molar-refractivity contribution in [1.29, 1.82) is 0 Å². The lowest BCUT2D eigenvalue weighted by atomic mass is 10.3. The maximum atomic E-state index is 12.0. The summed E-state index contributed by atoms with van der Waals surface area (Å²) in [4.78, 5) is 0. The number of ether oxygens (including phenoxy) is 1. The zero-order valence-electron chi connectivity index (χ0n) is 12.2. The first-order chi connectivity index (χ1) is 11.4. The second-order valence-corrected chi connectivity index (χ2v) is 5.00. The highest BCUT2D eigenvalue weighted by molar-refractivity contribution is 9.10. The fourth-order valence-electron chi connectivity index (χ4n) is 1.20. The van der Waals surface area contributed by atoms with Gasteiger partial charge in [-0.3, -0.25) is 0 Å². The number of nitrogens with two attached hydrogens (primary N) is 2. The van der Waals surface area contributed by atoms with Crippen LogP contribution in [0.5, 0.6) is 5.75 Å². The molecule has 0 saturated heterocycles. The van der Waals surface area contributed by atoms with Crippen LogP contribution >= 0.6 is 15.9 Å². The van der Waals surface area contributed by atoms with Crippen LogP contribution < -0.4 is 16.2 Å². The molecule has 0 bridgehead atoms. The Morgan fingerprint density at radius 1 is 0.840 bits per heavy atom. The summed E-state index contributed by atoms with van der Waals surface area (Å²) in [5, 5.41) is 12.0. The number of hydrogen-bond acceptors (Lipinski definition) is 7. The number of aromatic nitrogens is 4. The molecule has 0 amide bonds. The number of rotatable bonds is 1. The van der Waals surface area contributed by atoms with Gasteiger partial charge in [0.15, 0.2) is 28.8 Å². The van der Waals surface area contributed by atoms with Gasteiger partial charge in [-0.15, -0.1) is 20.4 Å². The SMILES string of the molecule is COc1cc(C(F)(F)F)nnc1N.Nc1nnc(C(F)(F)F)cc1Br. The third-order valence-corrected chi connectivity index (χ3v) is 3.00. The molecule has 0 fully saturated rings. The number of nitrogens with zero attached hydrogens (tertiary/aromatic N) is 4. The monoisotopic (exact) mass is 434 g/mol. The van der Waals surface area contributed by atoms with Crippen LogP contribution in [0.15, 0.2) is 16.6 Å². The van der Waals surface area contributed by atoms with Gasteiger partial charge in [-0.05, 0) is 22.0 Å². The lowest BCUT2D eigenvalue weighted by Gasteiger charge is -2.07. The summed E-state index contributed by atoms with van der Waals surface area (Å²) < 4.78 is 76.6. The number of methoxy groups -OCH3 is 1. The van der Waals surface area contributed by atoms with E-state index in [1.165, 1.54) is 7.11 Å². The molecule has 2 heterocycles. The minimum absolute atomic E-state index is 0.0667. The lowest BCUT2D eigenvalue weighted by Crippen LogP contribution is -2.10. The quantitative estimate of drug-likeness (QED) is 0.663. The van der Waals surface area contributed by atoms with Crippen molar-refractivity contribution in [2.45, 2.75) is 12.4 Å². The highest BCUT2D eigenvalue weighted by Crippen LogP contribution is 2.31. The van der Waals surface area contributed by atoms with Crippen molar-refractivity contribution in [2.24, 2.45) is 0 Å². The van der Waals surface area contributed by atoms with Crippen molar-refractivity contribution in [3.8, 4) is 5.75 Å². The molecule has 2 rings (SSSR count). The fourth-order valence-corrected chi connectivity index (χ4v) is 1.50. The first kappa shape index (κ1) is 20.7. The Morgan fingerprint density at radius 2 is 1.28 bits per heavy atom. The van der Waals surface area contributed by atoms with Crippen LogP contribution in [0.3, 0.4) is 0 Å². The zero-order chi connectivity index (χ0) is 19.4. The Kier molecular flexibility index (Phi) is 6.34. The molecule has 7 nitrogen and oxygen atoms in total. The Balaban J connectivity index is 0.000000251. The summed E-state index contributed by atoms with van der Waals surface area (Å²) in [7, 11) is 1.20. The molecule has 0 spiro atoms. The lowest BCUT2D eigenvalue weighted by molar-refractivity contribution is -0.142. The van der Waals surface area contributed by atoms with E-state index < -0.39 is 23.7 Å². The van der Waals surface area contributed by atoms with Crippen molar-refractivity contribution >= 4 is 27.6 Å². The normalized spacial score (nSPS) is 11.5. The van der Waals surface area contributed by atoms with Gasteiger partial charge in [0.1, 0.15) is 0 Å². The maximum absolute atomic E-state index is 12.0. The van der Waals surface area contributed by atoms with Crippen molar-refractivity contribution < 1.29 is 31.1 Å². The van der Waals surface area contributed by atoms with Crippen molar-refractivity contribution in [3.63, 3.8) is 0 Å². The first-order valence-electron chi connectivity index (χ1n) is 5.96. The van der Waals surface area contributed by atoms with Gasteiger partial charge in [0.2, 0.25) is 0 Å². The van der Waals surface area contributed by atoms with Crippen LogP contribution in [0.1, 0.15) is 11.4 Å². The second kappa shape index (κ2) is 7.67. The summed E-state index contributed by atoms with van der Waals surface area (Å²) in [5.74, 6) is -0.374. The topological polar surface area (TPSA) is 113 Å². The molecular weight excluding hydrogens is 426 g/mol. The third-order valence-electron chi connectivity index (χ3n) is 2.36. The largest absolute Gasteiger partial charge is 0.493 e. The molecule has 0 radical (unpaired) electrons. The van der Waals surface area contributed by atoms with Gasteiger partial charge in [0.25, 0.3) is 0 Å². The number of hydrogen-bond donors (Lipinski definition) is 2. The molecule has 0 aliphatic heterocycles. The van der Waals surface area contributed by atoms with Crippen LogP contribution in [0, 0.1) is 0 Å². The van der Waals surface area contributed by atoms with Gasteiger partial charge in [0.05, 0.1) is 11.6 Å². The molecule has 0 atom stereocenters. The molecule has 0 saturated carbocycles. The highest BCUT2D eigenvalue weighted by Gasteiger charge is 2.34. The van der Waals surface area contributed by atoms with Crippen molar-refractivity contribution in [1.82, 2.24) is 20.4 Å². The van der Waals surface area contributed by atoms with Gasteiger partial charge < -0.3 is 16.2 Å². The van der Waals surface area contributed by atoms with E-state index in [1.807, 2.05) is 0 Å². The van der Waals surface area contributed by atoms with Crippen LogP contribution in [0.2, 0.25) is 0 Å². The van der Waals surface area contributed by atoms with Crippen molar-refractivity contribution in [2.75, 3.05) is 18.6 Å². The standard InChI is InChI=1S/C6H6F3N3O.C5H3BrF3N3/c1-13-3-2-4(6(7,8)9)11-12-5(3)10;6-2-1-3(5(7,8)9)11-12-4(2)10/h2H,1H3,(H2,10,12);1H,(H2,10,12). The average Bonchev–Trinajstić information content (AvgIpc) is 2.49. The molecule has 138 valence electrons. The smallest absolute Gasteiger partial charge is 0.435 e. The van der Waals surface area contributed by atoms with E-state index in [2.05, 4.69) is 41.1 Å². The molecule has 2 aromatic rings. The summed E-state index contributed by atoms with van der Waals surface area (Å²) in [6, 6.07) is 1.48. The Hall–Kier alpha value is -2.38. The molecule has 0 aliphatic rings. The average molecular weight is 435 g/mol. The molecular formula is C11H9BrF6N6O. The van der Waals surface area contributed by atoms with Crippen LogP contribution in [0.4, 0.5) is 38.0 Å². The third kappa shape index (κ3) is 5.88. The number of anilines is 2. The molecule has 0 aliphatic carbocycles. The predicted molar refractivity (Wildman–Crippen MR) is 77.1 cm³/mol. The Bertz CT molecular complexity index is 738. The van der Waals surface area contributed by atoms with Crippen LogP contribution in [-0.2, 0) is 12.4 Å². The zero-order valence-corrected chi connectivity index (χ0v) is 13.7. The first-order valence-corrected chi connectivity index (χ1v) is 6.75. The van der Waals surface area contributed by atoms with E-state index in [1.54, 1.807) is 0 Å². The molecule has 0 unspecified atom stereocenters. The van der Waals surface area contributed by atoms with Gasteiger partial charge in [-0.1, -0.05) is 0 Å². The minimum Gasteiger partial charge on any atom is -0.493 e. The molecule has 0 aromatic carbocycles. The number of alkyl halides is 6. The van der Waals surface area contributed by atoms with Gasteiger partial charge in [-0.25, -0.2) is 0 Å². The molecule has 25 heavy (non-hydrogen) atoms. The van der Waals surface area contributed by atoms with Gasteiger partial charge in [0, 0.05) is 6.07 Å². The number of nitrogen functional groups attached to an aromatic ring is 2. The second-order valence-electron chi connectivity index (χ2n) is 4.14. The summed E-state index contributed by atoms with van der Waals surface area (Å²) >= 11 is 2.81. The maximum Gasteiger partial charge on any atom is 0.435 e. The highest BCUT2D eigenvalue weighted by atomic mass is 79.9. The molecule has 2 aromatic heterocycles. The Labute approximate surface area is 144 Å². The van der Waals surface area contributed by atoms with Crippen LogP contribution in [0.25, 0.3) is 0 Å². The summed E-state index contributed by atoms with van der Waals surface area (Å²) in [5.41, 5.74) is 8.13. The number of halogens is 7. The predicted octanol–water partition coefficient (Wildman–Crippen LogP) is 2.93. The van der Waals surface area contributed by atoms with Gasteiger partial charge >= 0.3 is 12.4 Å². The van der Waals surface area contributed by atoms with Crippen molar-refractivity contribution in [3.05, 3.63) is 28.0 Å².